The van der Waals surface area contributed by atoms with E-state index in [-0.39, 0.29) is 0 Å². The molecule has 0 bridgehead atoms. The van der Waals surface area contributed by atoms with Crippen molar-refractivity contribution in [3.8, 4) is 0 Å². The maximum absolute atomic E-state index is 5.93. The van der Waals surface area contributed by atoms with Crippen LogP contribution in [0.5, 0.6) is 0 Å². The van der Waals surface area contributed by atoms with Crippen molar-refractivity contribution in [3.05, 3.63) is 0 Å². The number of rotatable bonds is 2. The standard InChI is InChI=1S/C12H25N/c1-9(2)11-6-5-10(3)7-12(11,4)8-13/h9-11H,5-8,13H2,1-4H3. The number of hydrogen-bond donors (Lipinski definition) is 1. The molecular formula is C12H25N. The Labute approximate surface area is 83.1 Å². The van der Waals surface area contributed by atoms with Gasteiger partial charge in [0.25, 0.3) is 0 Å². The average Bonchev–Trinajstić information content (AvgIpc) is 2.03. The van der Waals surface area contributed by atoms with Crippen LogP contribution in [0.3, 0.4) is 0 Å². The summed E-state index contributed by atoms with van der Waals surface area (Å²) in [6, 6.07) is 0. The van der Waals surface area contributed by atoms with E-state index in [1.807, 2.05) is 0 Å². The summed E-state index contributed by atoms with van der Waals surface area (Å²) in [4.78, 5) is 0. The van der Waals surface area contributed by atoms with Crippen molar-refractivity contribution < 1.29 is 0 Å². The fourth-order valence-electron chi connectivity index (χ4n) is 3.23. The van der Waals surface area contributed by atoms with Gasteiger partial charge in [-0.05, 0) is 42.6 Å². The van der Waals surface area contributed by atoms with Crippen LogP contribution in [0.1, 0.15) is 47.0 Å². The largest absolute Gasteiger partial charge is 0.330 e. The molecule has 0 amide bonds. The van der Waals surface area contributed by atoms with Crippen LogP contribution in [0.25, 0.3) is 0 Å². The van der Waals surface area contributed by atoms with Crippen LogP contribution in [0.15, 0.2) is 0 Å². The molecule has 0 aromatic carbocycles. The maximum atomic E-state index is 5.93. The predicted molar refractivity (Wildman–Crippen MR) is 58.5 cm³/mol. The van der Waals surface area contributed by atoms with E-state index in [4.69, 9.17) is 5.73 Å². The van der Waals surface area contributed by atoms with Gasteiger partial charge in [0.15, 0.2) is 0 Å². The van der Waals surface area contributed by atoms with E-state index < -0.39 is 0 Å². The Morgan fingerprint density at radius 1 is 1.38 bits per heavy atom. The molecule has 78 valence electrons. The van der Waals surface area contributed by atoms with Gasteiger partial charge in [-0.2, -0.15) is 0 Å². The SMILES string of the molecule is CC1CCC(C(C)C)C(C)(CN)C1. The molecule has 3 atom stereocenters. The fraction of sp³-hybridized carbons (Fsp3) is 1.00. The molecule has 1 fully saturated rings. The van der Waals surface area contributed by atoms with E-state index in [2.05, 4.69) is 27.7 Å². The molecule has 1 aliphatic rings. The molecule has 0 aromatic heterocycles. The van der Waals surface area contributed by atoms with E-state index in [1.54, 1.807) is 0 Å². The quantitative estimate of drug-likeness (QED) is 0.699. The summed E-state index contributed by atoms with van der Waals surface area (Å²) in [6.45, 7) is 10.3. The monoisotopic (exact) mass is 183 g/mol. The lowest BCUT2D eigenvalue weighted by Crippen LogP contribution is -2.42. The summed E-state index contributed by atoms with van der Waals surface area (Å²) in [6.07, 6.45) is 4.11. The minimum absolute atomic E-state index is 0.409. The third kappa shape index (κ3) is 2.25. The van der Waals surface area contributed by atoms with Crippen molar-refractivity contribution in [2.75, 3.05) is 6.54 Å². The van der Waals surface area contributed by atoms with Crippen LogP contribution in [-0.2, 0) is 0 Å². The zero-order chi connectivity index (χ0) is 10.1. The van der Waals surface area contributed by atoms with Gasteiger partial charge in [-0.1, -0.05) is 34.1 Å². The Morgan fingerprint density at radius 2 is 2.00 bits per heavy atom. The van der Waals surface area contributed by atoms with Crippen molar-refractivity contribution in [1.29, 1.82) is 0 Å². The molecule has 13 heavy (non-hydrogen) atoms. The first-order chi connectivity index (χ1) is 5.99. The zero-order valence-corrected chi connectivity index (χ0v) is 9.64. The van der Waals surface area contributed by atoms with Crippen molar-refractivity contribution in [1.82, 2.24) is 0 Å². The smallest absolute Gasteiger partial charge is 0.00203 e. The maximum Gasteiger partial charge on any atom is -0.00203 e. The lowest BCUT2D eigenvalue weighted by Gasteiger charge is -2.45. The summed E-state index contributed by atoms with van der Waals surface area (Å²) in [5.74, 6) is 2.51. The van der Waals surface area contributed by atoms with Gasteiger partial charge in [0.05, 0.1) is 0 Å². The summed E-state index contributed by atoms with van der Waals surface area (Å²) >= 11 is 0. The topological polar surface area (TPSA) is 26.0 Å². The third-order valence-corrected chi connectivity index (χ3v) is 3.95. The minimum atomic E-state index is 0.409. The van der Waals surface area contributed by atoms with Crippen LogP contribution in [0.4, 0.5) is 0 Å². The molecule has 0 spiro atoms. The highest BCUT2D eigenvalue weighted by molar-refractivity contribution is 4.90. The van der Waals surface area contributed by atoms with Crippen LogP contribution in [-0.4, -0.2) is 6.54 Å². The molecule has 0 aliphatic heterocycles. The first-order valence-electron chi connectivity index (χ1n) is 5.69. The van der Waals surface area contributed by atoms with Crippen LogP contribution in [0, 0.1) is 23.2 Å². The first kappa shape index (κ1) is 11.0. The van der Waals surface area contributed by atoms with Crippen LogP contribution in [0.2, 0.25) is 0 Å². The Kier molecular flexibility index (Phi) is 3.39. The van der Waals surface area contributed by atoms with Gasteiger partial charge in [0.1, 0.15) is 0 Å². The van der Waals surface area contributed by atoms with E-state index in [0.29, 0.717) is 5.41 Å². The molecule has 2 N–H and O–H groups in total. The second-order valence-electron chi connectivity index (χ2n) is 5.60. The summed E-state index contributed by atoms with van der Waals surface area (Å²) in [5.41, 5.74) is 6.34. The molecule has 1 aliphatic carbocycles. The molecule has 0 radical (unpaired) electrons. The van der Waals surface area contributed by atoms with Crippen LogP contribution >= 0.6 is 0 Å². The van der Waals surface area contributed by atoms with Crippen molar-refractivity contribution in [3.63, 3.8) is 0 Å². The number of hydrogen-bond acceptors (Lipinski definition) is 1. The Bertz CT molecular complexity index is 165. The van der Waals surface area contributed by atoms with E-state index in [1.165, 1.54) is 19.3 Å². The second-order valence-corrected chi connectivity index (χ2v) is 5.60. The highest BCUT2D eigenvalue weighted by atomic mass is 14.6. The van der Waals surface area contributed by atoms with E-state index in [9.17, 15) is 0 Å². The fourth-order valence-corrected chi connectivity index (χ4v) is 3.23. The molecule has 1 nitrogen and oxygen atoms in total. The first-order valence-corrected chi connectivity index (χ1v) is 5.69. The van der Waals surface area contributed by atoms with Gasteiger partial charge in [0, 0.05) is 0 Å². The molecule has 0 aromatic rings. The Balaban J connectivity index is 2.72. The molecule has 1 rings (SSSR count). The summed E-state index contributed by atoms with van der Waals surface area (Å²) in [5, 5.41) is 0. The highest BCUT2D eigenvalue weighted by Gasteiger charge is 2.39. The van der Waals surface area contributed by atoms with E-state index in [0.717, 1.165) is 24.3 Å². The predicted octanol–water partition coefficient (Wildman–Crippen LogP) is 3.04. The highest BCUT2D eigenvalue weighted by Crippen LogP contribution is 2.46. The average molecular weight is 183 g/mol. The zero-order valence-electron chi connectivity index (χ0n) is 9.64. The van der Waals surface area contributed by atoms with Gasteiger partial charge in [-0.15, -0.1) is 0 Å². The van der Waals surface area contributed by atoms with Crippen molar-refractivity contribution in [2.24, 2.45) is 28.9 Å². The van der Waals surface area contributed by atoms with Crippen molar-refractivity contribution in [2.45, 2.75) is 47.0 Å². The van der Waals surface area contributed by atoms with Gasteiger partial charge < -0.3 is 5.73 Å². The molecule has 3 unspecified atom stereocenters. The lowest BCUT2D eigenvalue weighted by atomic mass is 9.61. The molecular weight excluding hydrogens is 158 g/mol. The Morgan fingerprint density at radius 3 is 2.46 bits per heavy atom. The molecule has 0 heterocycles. The normalized spacial score (nSPS) is 41.1. The number of nitrogens with two attached hydrogens (primary N) is 1. The summed E-state index contributed by atoms with van der Waals surface area (Å²) < 4.78 is 0. The molecule has 1 heteroatoms. The second kappa shape index (κ2) is 4.00. The van der Waals surface area contributed by atoms with E-state index >= 15 is 0 Å². The van der Waals surface area contributed by atoms with Crippen molar-refractivity contribution >= 4 is 0 Å². The third-order valence-electron chi connectivity index (χ3n) is 3.95. The minimum Gasteiger partial charge on any atom is -0.330 e. The van der Waals surface area contributed by atoms with Gasteiger partial charge in [0.2, 0.25) is 0 Å². The van der Waals surface area contributed by atoms with Crippen LogP contribution < -0.4 is 5.73 Å². The van der Waals surface area contributed by atoms with Gasteiger partial charge in [-0.25, -0.2) is 0 Å². The van der Waals surface area contributed by atoms with Gasteiger partial charge >= 0.3 is 0 Å². The molecule has 0 saturated heterocycles. The molecule has 1 saturated carbocycles. The summed E-state index contributed by atoms with van der Waals surface area (Å²) in [7, 11) is 0. The Hall–Kier alpha value is -0.0400. The lowest BCUT2D eigenvalue weighted by molar-refractivity contribution is 0.0570. The van der Waals surface area contributed by atoms with Gasteiger partial charge in [-0.3, -0.25) is 0 Å².